The number of aromatic nitrogens is 2. The average Bonchev–Trinajstić information content (AvgIpc) is 2.73. The molecule has 0 radical (unpaired) electrons. The van der Waals surface area contributed by atoms with Gasteiger partial charge in [-0.3, -0.25) is 4.40 Å². The quantitative estimate of drug-likeness (QED) is 0.823. The second-order valence-electron chi connectivity index (χ2n) is 4.28. The van der Waals surface area contributed by atoms with Crippen LogP contribution in [0.4, 0.5) is 0 Å². The molecule has 1 aliphatic rings. The van der Waals surface area contributed by atoms with E-state index in [-0.39, 0.29) is 0 Å². The summed E-state index contributed by atoms with van der Waals surface area (Å²) in [4.78, 5) is 4.16. The Bertz CT molecular complexity index is 500. The topological polar surface area (TPSA) is 29.3 Å². The molecule has 1 aliphatic heterocycles. The van der Waals surface area contributed by atoms with Crippen molar-refractivity contribution in [3.63, 3.8) is 0 Å². The first-order valence-corrected chi connectivity index (χ1v) is 6.06. The number of nitrogens with one attached hydrogen (secondary N) is 1. The standard InChI is InChI=1S/C12H14ClN3/c13-12-15-8-10-4-1-5-11(16(10)12)9-3-2-6-14-7-9/h1,4-5,8-9,14H,2-3,6-7H2. The van der Waals surface area contributed by atoms with Crippen LogP contribution in [0.15, 0.2) is 24.4 Å². The number of hydrogen-bond acceptors (Lipinski definition) is 2. The van der Waals surface area contributed by atoms with Gasteiger partial charge in [-0.25, -0.2) is 4.98 Å². The molecule has 1 fully saturated rings. The summed E-state index contributed by atoms with van der Waals surface area (Å²) in [5.74, 6) is 0.546. The van der Waals surface area contributed by atoms with E-state index in [0.29, 0.717) is 11.2 Å². The lowest BCUT2D eigenvalue weighted by atomic mass is 9.95. The second-order valence-corrected chi connectivity index (χ2v) is 4.62. The van der Waals surface area contributed by atoms with Crippen molar-refractivity contribution < 1.29 is 0 Å². The van der Waals surface area contributed by atoms with Gasteiger partial charge in [-0.2, -0.15) is 0 Å². The number of imidazole rings is 1. The molecular weight excluding hydrogens is 222 g/mol. The van der Waals surface area contributed by atoms with Gasteiger partial charge in [-0.1, -0.05) is 6.07 Å². The van der Waals surface area contributed by atoms with E-state index in [1.165, 1.54) is 18.5 Å². The number of pyridine rings is 1. The molecule has 0 saturated carbocycles. The maximum Gasteiger partial charge on any atom is 0.207 e. The Morgan fingerprint density at radius 1 is 1.44 bits per heavy atom. The lowest BCUT2D eigenvalue weighted by Gasteiger charge is -2.24. The summed E-state index contributed by atoms with van der Waals surface area (Å²) < 4.78 is 2.05. The van der Waals surface area contributed by atoms with Crippen LogP contribution in [0.3, 0.4) is 0 Å². The predicted molar refractivity (Wildman–Crippen MR) is 65.0 cm³/mol. The van der Waals surface area contributed by atoms with Crippen molar-refractivity contribution in [2.75, 3.05) is 13.1 Å². The minimum Gasteiger partial charge on any atom is -0.316 e. The summed E-state index contributed by atoms with van der Waals surface area (Å²) in [7, 11) is 0. The molecule has 0 amide bonds. The molecule has 84 valence electrons. The number of halogens is 1. The van der Waals surface area contributed by atoms with Gasteiger partial charge < -0.3 is 5.32 Å². The maximum atomic E-state index is 6.13. The molecule has 4 heteroatoms. The molecule has 1 atom stereocenters. The van der Waals surface area contributed by atoms with Crippen molar-refractivity contribution >= 4 is 17.1 Å². The van der Waals surface area contributed by atoms with Gasteiger partial charge in [-0.05, 0) is 43.1 Å². The van der Waals surface area contributed by atoms with E-state index in [2.05, 4.69) is 26.8 Å². The van der Waals surface area contributed by atoms with Crippen LogP contribution >= 0.6 is 11.6 Å². The van der Waals surface area contributed by atoms with Crippen LogP contribution in [-0.2, 0) is 0 Å². The average molecular weight is 236 g/mol. The highest BCUT2D eigenvalue weighted by Gasteiger charge is 2.18. The van der Waals surface area contributed by atoms with E-state index in [0.717, 1.165) is 18.6 Å². The summed E-state index contributed by atoms with van der Waals surface area (Å²) in [6.45, 7) is 2.16. The summed E-state index contributed by atoms with van der Waals surface area (Å²) in [6.07, 6.45) is 4.27. The Labute approximate surface area is 99.4 Å². The van der Waals surface area contributed by atoms with Crippen LogP contribution in [0.2, 0.25) is 5.28 Å². The molecule has 0 aliphatic carbocycles. The monoisotopic (exact) mass is 235 g/mol. The Balaban J connectivity index is 2.10. The van der Waals surface area contributed by atoms with Crippen LogP contribution in [0.5, 0.6) is 0 Å². The first-order valence-electron chi connectivity index (χ1n) is 5.69. The minimum atomic E-state index is 0.546. The third-order valence-corrected chi connectivity index (χ3v) is 3.52. The number of rotatable bonds is 1. The molecule has 3 rings (SSSR count). The summed E-state index contributed by atoms with van der Waals surface area (Å²) in [5.41, 5.74) is 2.35. The lowest BCUT2D eigenvalue weighted by Crippen LogP contribution is -2.29. The molecule has 0 aromatic carbocycles. The second kappa shape index (κ2) is 4.07. The predicted octanol–water partition coefficient (Wildman–Crippen LogP) is 2.45. The minimum absolute atomic E-state index is 0.546. The van der Waals surface area contributed by atoms with E-state index in [4.69, 9.17) is 11.6 Å². The first kappa shape index (κ1) is 10.1. The Morgan fingerprint density at radius 2 is 2.38 bits per heavy atom. The van der Waals surface area contributed by atoms with E-state index in [1.807, 2.05) is 12.3 Å². The van der Waals surface area contributed by atoms with Gasteiger partial charge in [0.25, 0.3) is 0 Å². The number of nitrogens with zero attached hydrogens (tertiary/aromatic N) is 2. The smallest absolute Gasteiger partial charge is 0.207 e. The van der Waals surface area contributed by atoms with Crippen molar-refractivity contribution in [3.8, 4) is 0 Å². The highest BCUT2D eigenvalue weighted by molar-refractivity contribution is 6.28. The third-order valence-electron chi connectivity index (χ3n) is 3.25. The zero-order valence-corrected chi connectivity index (χ0v) is 9.74. The Kier molecular flexibility index (Phi) is 2.58. The molecule has 2 aromatic heterocycles. The fraction of sp³-hybridized carbons (Fsp3) is 0.417. The van der Waals surface area contributed by atoms with Gasteiger partial charge in [-0.15, -0.1) is 0 Å². The number of piperidine rings is 1. The van der Waals surface area contributed by atoms with E-state index in [1.54, 1.807) is 0 Å². The molecule has 3 nitrogen and oxygen atoms in total. The molecule has 1 saturated heterocycles. The summed E-state index contributed by atoms with van der Waals surface area (Å²) >= 11 is 6.13. The van der Waals surface area contributed by atoms with Crippen molar-refractivity contribution in [1.29, 1.82) is 0 Å². The summed E-state index contributed by atoms with van der Waals surface area (Å²) in [6, 6.07) is 6.27. The van der Waals surface area contributed by atoms with Gasteiger partial charge >= 0.3 is 0 Å². The lowest BCUT2D eigenvalue weighted by molar-refractivity contribution is 0.452. The van der Waals surface area contributed by atoms with Gasteiger partial charge in [0.2, 0.25) is 5.28 Å². The van der Waals surface area contributed by atoms with Gasteiger partial charge in [0.1, 0.15) is 0 Å². The highest BCUT2D eigenvalue weighted by atomic mass is 35.5. The van der Waals surface area contributed by atoms with Crippen molar-refractivity contribution in [1.82, 2.24) is 14.7 Å². The van der Waals surface area contributed by atoms with Crippen molar-refractivity contribution in [3.05, 3.63) is 35.4 Å². The van der Waals surface area contributed by atoms with Crippen LogP contribution < -0.4 is 5.32 Å². The third kappa shape index (κ3) is 1.60. The fourth-order valence-corrected chi connectivity index (χ4v) is 2.70. The molecule has 3 heterocycles. The maximum absolute atomic E-state index is 6.13. The van der Waals surface area contributed by atoms with Crippen LogP contribution in [0.25, 0.3) is 5.52 Å². The van der Waals surface area contributed by atoms with E-state index >= 15 is 0 Å². The molecule has 1 unspecified atom stereocenters. The van der Waals surface area contributed by atoms with Gasteiger partial charge in [0.15, 0.2) is 0 Å². The number of hydrogen-bond donors (Lipinski definition) is 1. The van der Waals surface area contributed by atoms with Crippen molar-refractivity contribution in [2.24, 2.45) is 0 Å². The molecule has 0 bridgehead atoms. The normalized spacial score (nSPS) is 21.4. The first-order chi connectivity index (χ1) is 7.86. The molecule has 0 spiro atoms. The largest absolute Gasteiger partial charge is 0.316 e. The Morgan fingerprint density at radius 3 is 3.19 bits per heavy atom. The van der Waals surface area contributed by atoms with E-state index < -0.39 is 0 Å². The van der Waals surface area contributed by atoms with Gasteiger partial charge in [0.05, 0.1) is 11.7 Å². The molecular formula is C12H14ClN3. The van der Waals surface area contributed by atoms with Crippen LogP contribution in [0, 0.1) is 0 Å². The molecule has 2 aromatic rings. The van der Waals surface area contributed by atoms with Gasteiger partial charge in [0, 0.05) is 18.2 Å². The number of fused-ring (bicyclic) bond motifs is 1. The Hall–Kier alpha value is -1.06. The SMILES string of the molecule is Clc1ncc2cccc(C3CCCNC3)n12. The summed E-state index contributed by atoms with van der Waals surface area (Å²) in [5, 5.41) is 4.00. The zero-order valence-electron chi connectivity index (χ0n) is 8.99. The van der Waals surface area contributed by atoms with E-state index in [9.17, 15) is 0 Å². The molecule has 1 N–H and O–H groups in total. The highest BCUT2D eigenvalue weighted by Crippen LogP contribution is 2.26. The zero-order chi connectivity index (χ0) is 11.0. The van der Waals surface area contributed by atoms with Crippen molar-refractivity contribution in [2.45, 2.75) is 18.8 Å². The fourth-order valence-electron chi connectivity index (χ4n) is 2.46. The van der Waals surface area contributed by atoms with Crippen LogP contribution in [-0.4, -0.2) is 22.5 Å². The van der Waals surface area contributed by atoms with Crippen LogP contribution in [0.1, 0.15) is 24.5 Å². The molecule has 16 heavy (non-hydrogen) atoms.